The summed E-state index contributed by atoms with van der Waals surface area (Å²) in [7, 11) is 0. The van der Waals surface area contributed by atoms with Gasteiger partial charge in [-0.05, 0) is 42.7 Å². The van der Waals surface area contributed by atoms with E-state index < -0.39 is 0 Å². The van der Waals surface area contributed by atoms with E-state index in [0.29, 0.717) is 24.3 Å². The molecule has 8 heteroatoms. The number of carbonyl (C=O) groups excluding carboxylic acids is 1. The van der Waals surface area contributed by atoms with Crippen LogP contribution in [0, 0.1) is 6.92 Å². The first-order chi connectivity index (χ1) is 15.5. The molecule has 168 valence electrons. The number of morpholine rings is 1. The molecule has 2 aromatic carbocycles. The van der Waals surface area contributed by atoms with Crippen LogP contribution in [0.1, 0.15) is 30.9 Å². The zero-order valence-electron chi connectivity index (χ0n) is 18.7. The number of anilines is 2. The van der Waals surface area contributed by atoms with Gasteiger partial charge >= 0.3 is 0 Å². The molecule has 32 heavy (non-hydrogen) atoms. The second-order valence-corrected chi connectivity index (χ2v) is 9.11. The first-order valence-corrected chi connectivity index (χ1v) is 11.9. The Morgan fingerprint density at radius 3 is 2.59 bits per heavy atom. The largest absolute Gasteiger partial charge is 0.378 e. The molecule has 4 rings (SSSR count). The summed E-state index contributed by atoms with van der Waals surface area (Å²) < 4.78 is 7.52. The smallest absolute Gasteiger partial charge is 0.234 e. The first-order valence-electron chi connectivity index (χ1n) is 10.9. The Balaban J connectivity index is 1.51. The van der Waals surface area contributed by atoms with Gasteiger partial charge in [0.05, 0.1) is 24.7 Å². The van der Waals surface area contributed by atoms with Gasteiger partial charge in [0.25, 0.3) is 0 Å². The number of nitrogens with one attached hydrogen (secondary N) is 1. The van der Waals surface area contributed by atoms with E-state index in [1.54, 1.807) is 0 Å². The highest BCUT2D eigenvalue weighted by Gasteiger charge is 2.22. The summed E-state index contributed by atoms with van der Waals surface area (Å²) in [5, 5.41) is 12.6. The van der Waals surface area contributed by atoms with Crippen LogP contribution in [0.4, 0.5) is 11.6 Å². The van der Waals surface area contributed by atoms with Crippen LogP contribution < -0.4 is 10.2 Å². The van der Waals surface area contributed by atoms with Crippen LogP contribution in [-0.4, -0.2) is 52.7 Å². The van der Waals surface area contributed by atoms with Crippen LogP contribution in [0.5, 0.6) is 0 Å². The van der Waals surface area contributed by atoms with Crippen molar-refractivity contribution in [3.63, 3.8) is 0 Å². The number of hydrogen-bond acceptors (Lipinski definition) is 6. The maximum atomic E-state index is 12.7. The second kappa shape index (κ2) is 10.2. The normalized spacial score (nSPS) is 14.1. The molecular formula is C24H29N5O2S. The molecule has 0 radical (unpaired) electrons. The van der Waals surface area contributed by atoms with Crippen molar-refractivity contribution < 1.29 is 9.53 Å². The van der Waals surface area contributed by atoms with Gasteiger partial charge in [0.2, 0.25) is 11.9 Å². The number of carbonyl (C=O) groups is 1. The van der Waals surface area contributed by atoms with Crippen molar-refractivity contribution in [2.45, 2.75) is 31.8 Å². The van der Waals surface area contributed by atoms with Gasteiger partial charge in [0.15, 0.2) is 5.16 Å². The molecule has 0 aliphatic carbocycles. The molecule has 3 aromatic rings. The second-order valence-electron chi connectivity index (χ2n) is 8.17. The molecular weight excluding hydrogens is 422 g/mol. The van der Waals surface area contributed by atoms with E-state index in [9.17, 15) is 4.79 Å². The minimum Gasteiger partial charge on any atom is -0.378 e. The molecule has 7 nitrogen and oxygen atoms in total. The van der Waals surface area contributed by atoms with Crippen molar-refractivity contribution in [1.82, 2.24) is 14.8 Å². The van der Waals surface area contributed by atoms with Gasteiger partial charge in [-0.3, -0.25) is 9.36 Å². The fourth-order valence-electron chi connectivity index (χ4n) is 3.55. The van der Waals surface area contributed by atoms with Crippen molar-refractivity contribution in [2.24, 2.45) is 0 Å². The lowest BCUT2D eigenvalue weighted by Gasteiger charge is -2.27. The summed E-state index contributed by atoms with van der Waals surface area (Å²) >= 11 is 1.39. The van der Waals surface area contributed by atoms with Gasteiger partial charge in [-0.25, -0.2) is 0 Å². The number of benzene rings is 2. The molecule has 2 heterocycles. The average molecular weight is 452 g/mol. The predicted molar refractivity (Wildman–Crippen MR) is 129 cm³/mol. The average Bonchev–Trinajstić information content (AvgIpc) is 3.23. The van der Waals surface area contributed by atoms with E-state index in [1.807, 2.05) is 22.8 Å². The summed E-state index contributed by atoms with van der Waals surface area (Å²) in [6, 6.07) is 16.3. The van der Waals surface area contributed by atoms with Crippen molar-refractivity contribution in [3.05, 3.63) is 59.7 Å². The maximum absolute atomic E-state index is 12.7. The molecule has 1 fully saturated rings. The minimum atomic E-state index is -0.0673. The van der Waals surface area contributed by atoms with Crippen molar-refractivity contribution in [3.8, 4) is 5.69 Å². The fraction of sp³-hybridized carbons (Fsp3) is 0.375. The van der Waals surface area contributed by atoms with Crippen molar-refractivity contribution in [1.29, 1.82) is 0 Å². The van der Waals surface area contributed by atoms with Gasteiger partial charge < -0.3 is 15.0 Å². The fourth-order valence-corrected chi connectivity index (χ4v) is 4.29. The Bertz CT molecular complexity index is 1060. The van der Waals surface area contributed by atoms with Gasteiger partial charge in [-0.1, -0.05) is 55.4 Å². The standard InChI is InChI=1S/C24H29N5O2S/c1-17(2)19-5-4-6-20(15-19)25-22(30)16-32-24-27-26-23(28-11-13-31-14-12-28)29(24)21-9-7-18(3)8-10-21/h4-10,15,17H,11-14,16H2,1-3H3,(H,25,30). The lowest BCUT2D eigenvalue weighted by Crippen LogP contribution is -2.37. The Labute approximate surface area is 193 Å². The quantitative estimate of drug-likeness (QED) is 0.541. The van der Waals surface area contributed by atoms with E-state index >= 15 is 0 Å². The van der Waals surface area contributed by atoms with E-state index in [1.165, 1.54) is 22.9 Å². The summed E-state index contributed by atoms with van der Waals surface area (Å²) in [6.07, 6.45) is 0. The molecule has 1 aliphatic rings. The SMILES string of the molecule is Cc1ccc(-n2c(SCC(=O)Nc3cccc(C(C)C)c3)nnc2N2CCOCC2)cc1. The van der Waals surface area contributed by atoms with E-state index in [0.717, 1.165) is 30.4 Å². The third-order valence-electron chi connectivity index (χ3n) is 5.37. The number of rotatable bonds is 7. The molecule has 0 bridgehead atoms. The lowest BCUT2D eigenvalue weighted by atomic mass is 10.0. The predicted octanol–water partition coefficient (Wildman–Crippen LogP) is 4.27. The molecule has 1 aliphatic heterocycles. The number of aryl methyl sites for hydroxylation is 1. The third-order valence-corrected chi connectivity index (χ3v) is 6.30. The topological polar surface area (TPSA) is 72.3 Å². The van der Waals surface area contributed by atoms with Crippen molar-refractivity contribution in [2.75, 3.05) is 42.3 Å². The summed E-state index contributed by atoms with van der Waals surface area (Å²) in [4.78, 5) is 14.8. The zero-order chi connectivity index (χ0) is 22.5. The first kappa shape index (κ1) is 22.4. The Morgan fingerprint density at radius 2 is 1.88 bits per heavy atom. The number of nitrogens with zero attached hydrogens (tertiary/aromatic N) is 4. The third kappa shape index (κ3) is 5.31. The lowest BCUT2D eigenvalue weighted by molar-refractivity contribution is -0.113. The van der Waals surface area contributed by atoms with Crippen LogP contribution in [0.2, 0.25) is 0 Å². The van der Waals surface area contributed by atoms with Gasteiger partial charge in [0.1, 0.15) is 0 Å². The Kier molecular flexibility index (Phi) is 7.12. The van der Waals surface area contributed by atoms with E-state index in [2.05, 4.69) is 71.5 Å². The van der Waals surface area contributed by atoms with Crippen LogP contribution >= 0.6 is 11.8 Å². The van der Waals surface area contributed by atoms with E-state index in [4.69, 9.17) is 4.74 Å². The molecule has 1 N–H and O–H groups in total. The highest BCUT2D eigenvalue weighted by molar-refractivity contribution is 7.99. The Hall–Kier alpha value is -2.84. The molecule has 1 saturated heterocycles. The van der Waals surface area contributed by atoms with E-state index in [-0.39, 0.29) is 11.7 Å². The minimum absolute atomic E-state index is 0.0673. The number of hydrogen-bond donors (Lipinski definition) is 1. The number of ether oxygens (including phenoxy) is 1. The molecule has 1 aromatic heterocycles. The highest BCUT2D eigenvalue weighted by Crippen LogP contribution is 2.28. The summed E-state index contributed by atoms with van der Waals surface area (Å²) in [5.74, 6) is 1.37. The zero-order valence-corrected chi connectivity index (χ0v) is 19.6. The highest BCUT2D eigenvalue weighted by atomic mass is 32.2. The summed E-state index contributed by atoms with van der Waals surface area (Å²) in [6.45, 7) is 9.21. The summed E-state index contributed by atoms with van der Waals surface area (Å²) in [5.41, 5.74) is 4.18. The number of aromatic nitrogens is 3. The van der Waals surface area contributed by atoms with Crippen LogP contribution in [-0.2, 0) is 9.53 Å². The van der Waals surface area contributed by atoms with Crippen LogP contribution in [0.15, 0.2) is 53.7 Å². The molecule has 0 atom stereocenters. The van der Waals surface area contributed by atoms with Crippen LogP contribution in [0.25, 0.3) is 5.69 Å². The van der Waals surface area contributed by atoms with Gasteiger partial charge in [-0.2, -0.15) is 0 Å². The monoisotopic (exact) mass is 451 g/mol. The maximum Gasteiger partial charge on any atom is 0.234 e. The van der Waals surface area contributed by atoms with Crippen LogP contribution in [0.3, 0.4) is 0 Å². The Morgan fingerprint density at radius 1 is 1.12 bits per heavy atom. The molecule has 0 spiro atoms. The molecule has 1 amide bonds. The van der Waals surface area contributed by atoms with Gasteiger partial charge in [0, 0.05) is 18.8 Å². The van der Waals surface area contributed by atoms with Gasteiger partial charge in [-0.15, -0.1) is 10.2 Å². The molecule has 0 saturated carbocycles. The number of thioether (sulfide) groups is 1. The number of amides is 1. The van der Waals surface area contributed by atoms with Crippen molar-refractivity contribution >= 4 is 29.3 Å². The molecule has 0 unspecified atom stereocenters.